The number of benzene rings is 2. The Kier molecular flexibility index (Phi) is 4.06. The third-order valence-electron chi connectivity index (χ3n) is 3.73. The number of ether oxygens (including phenoxy) is 1. The quantitative estimate of drug-likeness (QED) is 0.543. The maximum absolute atomic E-state index is 12.3. The van der Waals surface area contributed by atoms with Gasteiger partial charge in [0, 0.05) is 17.7 Å². The zero-order valence-corrected chi connectivity index (χ0v) is 13.2. The molecular weight excluding hydrogens is 326 g/mol. The Morgan fingerprint density at radius 3 is 2.44 bits per heavy atom. The number of aromatic amines is 1. The smallest absolute Gasteiger partial charge is 0.338 e. The molecule has 1 heterocycles. The SMILES string of the molecule is CCOC(=O)c1ccc(-c2[nH]c3cc(O)cc(O)c3c(=O)c2O)cc1. The first kappa shape index (κ1) is 16.4. The summed E-state index contributed by atoms with van der Waals surface area (Å²) >= 11 is 0. The molecule has 1 aromatic heterocycles. The lowest BCUT2D eigenvalue weighted by molar-refractivity contribution is 0.0526. The fraction of sp³-hybridized carbons (Fsp3) is 0.111. The van der Waals surface area contributed by atoms with E-state index in [0.29, 0.717) is 11.1 Å². The molecule has 128 valence electrons. The van der Waals surface area contributed by atoms with Gasteiger partial charge in [-0.1, -0.05) is 12.1 Å². The van der Waals surface area contributed by atoms with E-state index in [4.69, 9.17) is 4.74 Å². The molecule has 7 heteroatoms. The summed E-state index contributed by atoms with van der Waals surface area (Å²) in [5.41, 5.74) is 0.300. The van der Waals surface area contributed by atoms with E-state index in [9.17, 15) is 24.9 Å². The van der Waals surface area contributed by atoms with Gasteiger partial charge in [-0.25, -0.2) is 4.79 Å². The molecule has 0 atom stereocenters. The first-order valence-corrected chi connectivity index (χ1v) is 7.51. The molecule has 25 heavy (non-hydrogen) atoms. The van der Waals surface area contributed by atoms with Gasteiger partial charge in [0.15, 0.2) is 5.75 Å². The van der Waals surface area contributed by atoms with Gasteiger partial charge in [0.25, 0.3) is 0 Å². The number of aromatic nitrogens is 1. The van der Waals surface area contributed by atoms with Crippen LogP contribution in [0.25, 0.3) is 22.2 Å². The first-order valence-electron chi connectivity index (χ1n) is 7.51. The Labute approximate surface area is 141 Å². The molecule has 0 aliphatic rings. The highest BCUT2D eigenvalue weighted by molar-refractivity contribution is 5.92. The molecule has 0 radical (unpaired) electrons. The number of nitrogens with one attached hydrogen (secondary N) is 1. The van der Waals surface area contributed by atoms with Crippen molar-refractivity contribution in [2.75, 3.05) is 6.61 Å². The van der Waals surface area contributed by atoms with Gasteiger partial charge in [-0.05, 0) is 19.1 Å². The second-order valence-electron chi connectivity index (χ2n) is 5.36. The molecule has 2 aromatic carbocycles. The molecule has 0 aliphatic carbocycles. The molecule has 0 amide bonds. The first-order chi connectivity index (χ1) is 11.9. The summed E-state index contributed by atoms with van der Waals surface area (Å²) in [6.45, 7) is 1.96. The van der Waals surface area contributed by atoms with Crippen LogP contribution in [0.4, 0.5) is 0 Å². The molecule has 7 nitrogen and oxygen atoms in total. The average Bonchev–Trinajstić information content (AvgIpc) is 2.58. The van der Waals surface area contributed by atoms with Crippen LogP contribution in [0.2, 0.25) is 0 Å². The van der Waals surface area contributed by atoms with E-state index in [1.54, 1.807) is 19.1 Å². The molecular formula is C18H15NO6. The number of aromatic hydroxyl groups is 3. The van der Waals surface area contributed by atoms with Crippen molar-refractivity contribution in [2.24, 2.45) is 0 Å². The Balaban J connectivity index is 2.14. The summed E-state index contributed by atoms with van der Waals surface area (Å²) in [6, 6.07) is 8.40. The predicted molar refractivity (Wildman–Crippen MR) is 91.0 cm³/mol. The number of pyridine rings is 1. The molecule has 0 bridgehead atoms. The Morgan fingerprint density at radius 2 is 1.80 bits per heavy atom. The number of fused-ring (bicyclic) bond motifs is 1. The van der Waals surface area contributed by atoms with Gasteiger partial charge in [0.2, 0.25) is 5.43 Å². The minimum absolute atomic E-state index is 0.109. The maximum atomic E-state index is 12.3. The minimum Gasteiger partial charge on any atom is -0.508 e. The normalized spacial score (nSPS) is 10.8. The topological polar surface area (TPSA) is 120 Å². The van der Waals surface area contributed by atoms with Crippen molar-refractivity contribution in [1.29, 1.82) is 0 Å². The summed E-state index contributed by atoms with van der Waals surface area (Å²) in [6.07, 6.45) is 0. The van der Waals surface area contributed by atoms with Crippen LogP contribution in [0.3, 0.4) is 0 Å². The fourth-order valence-electron chi connectivity index (χ4n) is 2.57. The van der Waals surface area contributed by atoms with Crippen LogP contribution >= 0.6 is 0 Å². The number of carbonyl (C=O) groups excluding carboxylic acids is 1. The van der Waals surface area contributed by atoms with Gasteiger partial charge in [-0.2, -0.15) is 0 Å². The number of hydrogen-bond donors (Lipinski definition) is 4. The molecule has 0 unspecified atom stereocenters. The van der Waals surface area contributed by atoms with E-state index in [1.165, 1.54) is 18.2 Å². The number of carbonyl (C=O) groups is 1. The van der Waals surface area contributed by atoms with Crippen LogP contribution in [-0.4, -0.2) is 32.9 Å². The van der Waals surface area contributed by atoms with E-state index >= 15 is 0 Å². The highest BCUT2D eigenvalue weighted by atomic mass is 16.5. The largest absolute Gasteiger partial charge is 0.508 e. The Bertz CT molecular complexity index is 1020. The molecule has 3 rings (SSSR count). The second-order valence-corrected chi connectivity index (χ2v) is 5.36. The Morgan fingerprint density at radius 1 is 1.12 bits per heavy atom. The number of hydrogen-bond acceptors (Lipinski definition) is 6. The lowest BCUT2D eigenvalue weighted by Gasteiger charge is -2.09. The van der Waals surface area contributed by atoms with Crippen molar-refractivity contribution < 1.29 is 24.9 Å². The van der Waals surface area contributed by atoms with Crippen molar-refractivity contribution in [1.82, 2.24) is 4.98 Å². The Hall–Kier alpha value is -3.48. The zero-order valence-electron chi connectivity index (χ0n) is 13.2. The van der Waals surface area contributed by atoms with Crippen molar-refractivity contribution >= 4 is 16.9 Å². The summed E-state index contributed by atoms with van der Waals surface area (Å²) in [4.78, 5) is 26.8. The standard InChI is InChI=1S/C18H15NO6/c1-2-25-18(24)10-5-3-9(4-6-10)15-17(23)16(22)14-12(19-15)7-11(20)8-13(14)21/h3-8,20-21,23H,2H2,1H3,(H,19,22). The molecule has 0 saturated heterocycles. The van der Waals surface area contributed by atoms with E-state index in [-0.39, 0.29) is 29.0 Å². The van der Waals surface area contributed by atoms with Gasteiger partial charge in [-0.3, -0.25) is 4.79 Å². The molecule has 0 saturated carbocycles. The number of esters is 1. The monoisotopic (exact) mass is 341 g/mol. The lowest BCUT2D eigenvalue weighted by atomic mass is 10.1. The summed E-state index contributed by atoms with van der Waals surface area (Å²) < 4.78 is 4.90. The van der Waals surface area contributed by atoms with E-state index < -0.39 is 22.9 Å². The summed E-state index contributed by atoms with van der Waals surface area (Å²) in [5, 5.41) is 29.5. The molecule has 0 spiro atoms. The summed E-state index contributed by atoms with van der Waals surface area (Å²) in [5.74, 6) is -1.71. The fourth-order valence-corrected chi connectivity index (χ4v) is 2.57. The molecule has 0 aliphatic heterocycles. The molecule has 4 N–H and O–H groups in total. The highest BCUT2D eigenvalue weighted by Crippen LogP contribution is 2.32. The predicted octanol–water partition coefficient (Wildman–Crippen LogP) is 2.49. The van der Waals surface area contributed by atoms with Gasteiger partial charge in [0.05, 0.1) is 28.8 Å². The molecule has 3 aromatic rings. The summed E-state index contributed by atoms with van der Waals surface area (Å²) in [7, 11) is 0. The lowest BCUT2D eigenvalue weighted by Crippen LogP contribution is -2.06. The number of phenolic OH excluding ortho intramolecular Hbond substituents is 2. The van der Waals surface area contributed by atoms with Crippen molar-refractivity contribution in [3.63, 3.8) is 0 Å². The van der Waals surface area contributed by atoms with Crippen LogP contribution < -0.4 is 5.43 Å². The second kappa shape index (κ2) is 6.20. The van der Waals surface area contributed by atoms with Crippen LogP contribution in [0.5, 0.6) is 17.2 Å². The van der Waals surface area contributed by atoms with E-state index in [2.05, 4.69) is 4.98 Å². The van der Waals surface area contributed by atoms with Crippen molar-refractivity contribution in [2.45, 2.75) is 6.92 Å². The van der Waals surface area contributed by atoms with Gasteiger partial charge < -0.3 is 25.0 Å². The zero-order chi connectivity index (χ0) is 18.1. The van der Waals surface area contributed by atoms with Crippen molar-refractivity contribution in [3.8, 4) is 28.5 Å². The maximum Gasteiger partial charge on any atom is 0.338 e. The van der Waals surface area contributed by atoms with Crippen molar-refractivity contribution in [3.05, 3.63) is 52.2 Å². The van der Waals surface area contributed by atoms with Gasteiger partial charge in [-0.15, -0.1) is 0 Å². The van der Waals surface area contributed by atoms with E-state index in [1.807, 2.05) is 0 Å². The van der Waals surface area contributed by atoms with Crippen LogP contribution in [0.1, 0.15) is 17.3 Å². The number of phenols is 2. The van der Waals surface area contributed by atoms with Crippen LogP contribution in [0.15, 0.2) is 41.2 Å². The van der Waals surface area contributed by atoms with Crippen LogP contribution in [0, 0.1) is 0 Å². The van der Waals surface area contributed by atoms with Gasteiger partial charge >= 0.3 is 5.97 Å². The number of H-pyrrole nitrogens is 1. The van der Waals surface area contributed by atoms with Crippen LogP contribution in [-0.2, 0) is 4.74 Å². The minimum atomic E-state index is -0.768. The number of rotatable bonds is 3. The average molecular weight is 341 g/mol. The van der Waals surface area contributed by atoms with Gasteiger partial charge in [0.1, 0.15) is 11.5 Å². The molecule has 0 fully saturated rings. The third-order valence-corrected chi connectivity index (χ3v) is 3.73. The van der Waals surface area contributed by atoms with E-state index in [0.717, 1.165) is 6.07 Å². The highest BCUT2D eigenvalue weighted by Gasteiger charge is 2.16. The third kappa shape index (κ3) is 2.87.